The minimum Gasteiger partial charge on any atom is -0.480 e. The molecule has 0 spiro atoms. The van der Waals surface area contributed by atoms with Crippen LogP contribution in [0.1, 0.15) is 54.8 Å². The highest BCUT2D eigenvalue weighted by atomic mass is 16.5. The molecule has 1 aliphatic heterocycles. The molecule has 0 saturated carbocycles. The van der Waals surface area contributed by atoms with E-state index in [1.54, 1.807) is 24.7 Å². The molecular weight excluding hydrogens is 306 g/mol. The summed E-state index contributed by atoms with van der Waals surface area (Å²) in [4.78, 5) is 18.9. The molecule has 128 valence electrons. The number of likely N-dealkylation sites (tertiary alicyclic amines) is 1. The zero-order valence-corrected chi connectivity index (χ0v) is 14.3. The number of rotatable bonds is 4. The number of carbonyl (C=O) groups excluding carboxylic acids is 1. The summed E-state index contributed by atoms with van der Waals surface area (Å²) in [5.74, 6) is 1.49. The topological polar surface area (TPSA) is 73.1 Å². The number of ether oxygens (including phenoxy) is 1. The lowest BCUT2D eigenvalue weighted by Gasteiger charge is -2.33. The van der Waals surface area contributed by atoms with Crippen LogP contribution in [0.4, 0.5) is 0 Å². The predicted molar refractivity (Wildman–Crippen MR) is 89.1 cm³/mol. The number of hydrogen-bond acceptors (Lipinski definition) is 5. The van der Waals surface area contributed by atoms with Gasteiger partial charge in [-0.15, -0.1) is 10.2 Å². The van der Waals surface area contributed by atoms with Crippen LogP contribution in [0.15, 0.2) is 24.7 Å². The predicted octanol–water partition coefficient (Wildman–Crippen LogP) is 2.28. The van der Waals surface area contributed by atoms with Gasteiger partial charge in [0, 0.05) is 31.2 Å². The van der Waals surface area contributed by atoms with Gasteiger partial charge in [0.15, 0.2) is 0 Å². The summed E-state index contributed by atoms with van der Waals surface area (Å²) < 4.78 is 7.31. The van der Waals surface area contributed by atoms with Crippen molar-refractivity contribution in [3.05, 3.63) is 36.0 Å². The van der Waals surface area contributed by atoms with Crippen LogP contribution in [0.3, 0.4) is 0 Å². The molecule has 1 unspecified atom stereocenters. The summed E-state index contributed by atoms with van der Waals surface area (Å²) in [6.45, 7) is 5.60. The second-order valence-electron chi connectivity index (χ2n) is 6.34. The lowest BCUT2D eigenvalue weighted by Crippen LogP contribution is -2.40. The van der Waals surface area contributed by atoms with Gasteiger partial charge in [0.05, 0.1) is 7.11 Å². The van der Waals surface area contributed by atoms with Gasteiger partial charge >= 0.3 is 0 Å². The summed E-state index contributed by atoms with van der Waals surface area (Å²) >= 11 is 0. The fourth-order valence-corrected chi connectivity index (χ4v) is 3.20. The fourth-order valence-electron chi connectivity index (χ4n) is 3.20. The quantitative estimate of drug-likeness (QED) is 0.860. The van der Waals surface area contributed by atoms with Gasteiger partial charge in [0.2, 0.25) is 5.88 Å². The highest BCUT2D eigenvalue weighted by Gasteiger charge is 2.30. The van der Waals surface area contributed by atoms with Crippen molar-refractivity contribution < 1.29 is 9.53 Å². The van der Waals surface area contributed by atoms with Crippen LogP contribution in [-0.2, 0) is 0 Å². The largest absolute Gasteiger partial charge is 0.480 e. The van der Waals surface area contributed by atoms with Crippen LogP contribution < -0.4 is 4.74 Å². The summed E-state index contributed by atoms with van der Waals surface area (Å²) in [5, 5.41) is 8.35. The maximum Gasteiger partial charge on any atom is 0.259 e. The molecule has 1 fully saturated rings. The molecule has 0 aliphatic carbocycles. The van der Waals surface area contributed by atoms with Gasteiger partial charge in [-0.1, -0.05) is 0 Å². The normalized spacial score (nSPS) is 18.0. The number of pyridine rings is 1. The Bertz CT molecular complexity index is 713. The van der Waals surface area contributed by atoms with E-state index in [0.717, 1.165) is 25.2 Å². The maximum atomic E-state index is 12.9. The Balaban J connectivity index is 1.80. The standard InChI is InChI=1S/C17H23N5O2/c1-12(2)22-11-19-20-15(22)13-6-5-9-21(10-13)17(23)14-7-4-8-18-16(14)24-3/h4,7-8,11-13H,5-6,9-10H2,1-3H3. The third-order valence-electron chi connectivity index (χ3n) is 4.43. The minimum atomic E-state index is -0.0414. The lowest BCUT2D eigenvalue weighted by atomic mass is 9.96. The molecule has 1 saturated heterocycles. The minimum absolute atomic E-state index is 0.0414. The summed E-state index contributed by atoms with van der Waals surface area (Å²) in [6.07, 6.45) is 5.36. The first kappa shape index (κ1) is 16.4. The van der Waals surface area contributed by atoms with Crippen LogP contribution in [-0.4, -0.2) is 50.8 Å². The molecular formula is C17H23N5O2. The Hall–Kier alpha value is -2.44. The Morgan fingerprint density at radius 1 is 1.42 bits per heavy atom. The number of hydrogen-bond donors (Lipinski definition) is 0. The van der Waals surface area contributed by atoms with Crippen LogP contribution in [0.5, 0.6) is 5.88 Å². The number of amides is 1. The zero-order chi connectivity index (χ0) is 17.1. The third-order valence-corrected chi connectivity index (χ3v) is 4.43. The fraction of sp³-hybridized carbons (Fsp3) is 0.529. The van der Waals surface area contributed by atoms with Crippen molar-refractivity contribution >= 4 is 5.91 Å². The van der Waals surface area contributed by atoms with Gasteiger partial charge < -0.3 is 14.2 Å². The van der Waals surface area contributed by atoms with Crippen LogP contribution in [0, 0.1) is 0 Å². The van der Waals surface area contributed by atoms with E-state index >= 15 is 0 Å². The number of nitrogens with zero attached hydrogens (tertiary/aromatic N) is 5. The van der Waals surface area contributed by atoms with Crippen molar-refractivity contribution in [1.82, 2.24) is 24.6 Å². The maximum absolute atomic E-state index is 12.9. The van der Waals surface area contributed by atoms with Gasteiger partial charge in [-0.05, 0) is 38.8 Å². The second kappa shape index (κ2) is 6.98. The highest BCUT2D eigenvalue weighted by Crippen LogP contribution is 2.28. The molecule has 1 amide bonds. The number of carbonyl (C=O) groups is 1. The molecule has 2 aromatic rings. The molecule has 0 aromatic carbocycles. The Kier molecular flexibility index (Phi) is 4.78. The average molecular weight is 329 g/mol. The second-order valence-corrected chi connectivity index (χ2v) is 6.34. The number of methoxy groups -OCH3 is 1. The Morgan fingerprint density at radius 2 is 2.25 bits per heavy atom. The molecule has 24 heavy (non-hydrogen) atoms. The molecule has 1 aliphatic rings. The van der Waals surface area contributed by atoms with E-state index in [2.05, 4.69) is 33.6 Å². The first-order chi connectivity index (χ1) is 11.6. The van der Waals surface area contributed by atoms with Crippen molar-refractivity contribution in [2.45, 2.75) is 38.6 Å². The molecule has 0 bridgehead atoms. The third kappa shape index (κ3) is 3.11. The van der Waals surface area contributed by atoms with Crippen molar-refractivity contribution in [3.8, 4) is 5.88 Å². The van der Waals surface area contributed by atoms with E-state index in [9.17, 15) is 4.79 Å². The van der Waals surface area contributed by atoms with E-state index in [-0.39, 0.29) is 11.8 Å². The molecule has 3 rings (SSSR count). The summed E-state index contributed by atoms with van der Waals surface area (Å²) in [6, 6.07) is 3.82. The van der Waals surface area contributed by atoms with Gasteiger partial charge in [0.1, 0.15) is 17.7 Å². The number of aromatic nitrogens is 4. The van der Waals surface area contributed by atoms with E-state index < -0.39 is 0 Å². The first-order valence-corrected chi connectivity index (χ1v) is 8.29. The van der Waals surface area contributed by atoms with Crippen LogP contribution in [0.2, 0.25) is 0 Å². The Labute approximate surface area is 141 Å². The van der Waals surface area contributed by atoms with Gasteiger partial charge in [-0.2, -0.15) is 0 Å². The van der Waals surface area contributed by atoms with Gasteiger partial charge in [-0.3, -0.25) is 4.79 Å². The van der Waals surface area contributed by atoms with E-state index in [1.165, 1.54) is 7.11 Å². The molecule has 3 heterocycles. The molecule has 1 atom stereocenters. The molecule has 7 heteroatoms. The molecule has 7 nitrogen and oxygen atoms in total. The van der Waals surface area contributed by atoms with Crippen molar-refractivity contribution in [2.75, 3.05) is 20.2 Å². The van der Waals surface area contributed by atoms with Crippen molar-refractivity contribution in [3.63, 3.8) is 0 Å². The number of piperidine rings is 1. The zero-order valence-electron chi connectivity index (χ0n) is 14.3. The average Bonchev–Trinajstić information content (AvgIpc) is 3.11. The molecule has 2 aromatic heterocycles. The van der Waals surface area contributed by atoms with Gasteiger partial charge in [0.25, 0.3) is 5.91 Å². The Morgan fingerprint density at radius 3 is 3.00 bits per heavy atom. The first-order valence-electron chi connectivity index (χ1n) is 8.29. The highest BCUT2D eigenvalue weighted by molar-refractivity contribution is 5.96. The van der Waals surface area contributed by atoms with Crippen LogP contribution >= 0.6 is 0 Å². The monoisotopic (exact) mass is 329 g/mol. The SMILES string of the molecule is COc1ncccc1C(=O)N1CCCC(c2nncn2C(C)C)C1. The smallest absolute Gasteiger partial charge is 0.259 e. The molecule has 0 radical (unpaired) electrons. The van der Waals surface area contributed by atoms with Gasteiger partial charge in [-0.25, -0.2) is 4.98 Å². The van der Waals surface area contributed by atoms with Crippen LogP contribution in [0.25, 0.3) is 0 Å². The van der Waals surface area contributed by atoms with E-state index in [1.807, 2.05) is 4.90 Å². The summed E-state index contributed by atoms with van der Waals surface area (Å²) in [5.41, 5.74) is 0.506. The molecule has 0 N–H and O–H groups in total. The van der Waals surface area contributed by atoms with E-state index in [4.69, 9.17) is 4.74 Å². The van der Waals surface area contributed by atoms with Crippen molar-refractivity contribution in [1.29, 1.82) is 0 Å². The van der Waals surface area contributed by atoms with Crippen molar-refractivity contribution in [2.24, 2.45) is 0 Å². The lowest BCUT2D eigenvalue weighted by molar-refractivity contribution is 0.0698. The summed E-state index contributed by atoms with van der Waals surface area (Å²) in [7, 11) is 1.53. The van der Waals surface area contributed by atoms with E-state index in [0.29, 0.717) is 24.0 Å².